The first-order valence-corrected chi connectivity index (χ1v) is 8.65. The van der Waals surface area contributed by atoms with Crippen LogP contribution in [0.15, 0.2) is 17.0 Å². The van der Waals surface area contributed by atoms with Gasteiger partial charge in [0.15, 0.2) is 0 Å². The molecule has 0 amide bonds. The standard InChI is InChI=1S/C14H18ClFO4S/c1-9-7-10(21(15,18)19)8-11(12(9)16)13(17)20-6-5-14(2,3)4/h7-8H,5-6H2,1-4H3. The van der Waals surface area contributed by atoms with E-state index < -0.39 is 26.4 Å². The summed E-state index contributed by atoms with van der Waals surface area (Å²) in [5.74, 6) is -1.71. The van der Waals surface area contributed by atoms with E-state index in [-0.39, 0.29) is 22.5 Å². The van der Waals surface area contributed by atoms with Gasteiger partial charge in [-0.3, -0.25) is 0 Å². The fourth-order valence-corrected chi connectivity index (χ4v) is 2.40. The van der Waals surface area contributed by atoms with Crippen LogP contribution in [0.3, 0.4) is 0 Å². The molecule has 0 fully saturated rings. The minimum Gasteiger partial charge on any atom is -0.462 e. The van der Waals surface area contributed by atoms with Gasteiger partial charge in [-0.25, -0.2) is 17.6 Å². The van der Waals surface area contributed by atoms with Crippen LogP contribution in [0, 0.1) is 18.2 Å². The maximum Gasteiger partial charge on any atom is 0.341 e. The Morgan fingerprint density at radius 3 is 2.38 bits per heavy atom. The molecule has 118 valence electrons. The van der Waals surface area contributed by atoms with Crippen LogP contribution in [0.25, 0.3) is 0 Å². The molecule has 0 aliphatic heterocycles. The first-order chi connectivity index (χ1) is 9.42. The van der Waals surface area contributed by atoms with E-state index in [4.69, 9.17) is 15.4 Å². The third-order valence-electron chi connectivity index (χ3n) is 2.81. The van der Waals surface area contributed by atoms with Crippen molar-refractivity contribution in [3.8, 4) is 0 Å². The Morgan fingerprint density at radius 2 is 1.90 bits per heavy atom. The largest absolute Gasteiger partial charge is 0.462 e. The molecule has 0 saturated carbocycles. The third-order valence-corrected chi connectivity index (χ3v) is 4.15. The molecule has 4 nitrogen and oxygen atoms in total. The van der Waals surface area contributed by atoms with Gasteiger partial charge in [0.25, 0.3) is 9.05 Å². The van der Waals surface area contributed by atoms with Crippen molar-refractivity contribution < 1.29 is 22.3 Å². The van der Waals surface area contributed by atoms with Crippen molar-refractivity contribution in [2.24, 2.45) is 5.41 Å². The molecule has 0 aliphatic carbocycles. The Labute approximate surface area is 128 Å². The normalized spacial score (nSPS) is 12.3. The van der Waals surface area contributed by atoms with Crippen molar-refractivity contribution >= 4 is 25.7 Å². The molecule has 0 radical (unpaired) electrons. The van der Waals surface area contributed by atoms with E-state index in [1.54, 1.807) is 0 Å². The van der Waals surface area contributed by atoms with Crippen LogP contribution in [0.4, 0.5) is 4.39 Å². The second-order valence-corrected chi connectivity index (χ2v) is 8.55. The fraction of sp³-hybridized carbons (Fsp3) is 0.500. The fourth-order valence-electron chi connectivity index (χ4n) is 1.55. The van der Waals surface area contributed by atoms with Crippen molar-refractivity contribution in [1.82, 2.24) is 0 Å². The third kappa shape index (κ3) is 5.28. The van der Waals surface area contributed by atoms with E-state index in [0.717, 1.165) is 12.1 Å². The van der Waals surface area contributed by atoms with E-state index in [1.165, 1.54) is 6.92 Å². The molecule has 7 heteroatoms. The highest BCUT2D eigenvalue weighted by atomic mass is 35.7. The van der Waals surface area contributed by atoms with Crippen LogP contribution >= 0.6 is 10.7 Å². The van der Waals surface area contributed by atoms with E-state index in [2.05, 4.69) is 0 Å². The monoisotopic (exact) mass is 336 g/mol. The number of rotatable bonds is 4. The predicted octanol–water partition coefficient (Wildman–Crippen LogP) is 3.65. The maximum atomic E-state index is 13.9. The second kappa shape index (κ2) is 6.32. The smallest absolute Gasteiger partial charge is 0.341 e. The number of hydrogen-bond donors (Lipinski definition) is 0. The number of halogens is 2. The zero-order valence-electron chi connectivity index (χ0n) is 12.4. The molecular formula is C14H18ClFO4S. The van der Waals surface area contributed by atoms with E-state index >= 15 is 0 Å². The van der Waals surface area contributed by atoms with Gasteiger partial charge in [0, 0.05) is 10.7 Å². The van der Waals surface area contributed by atoms with Gasteiger partial charge in [0.1, 0.15) is 5.82 Å². The zero-order valence-corrected chi connectivity index (χ0v) is 13.9. The molecule has 0 bridgehead atoms. The second-order valence-electron chi connectivity index (χ2n) is 5.99. The van der Waals surface area contributed by atoms with Crippen molar-refractivity contribution in [3.63, 3.8) is 0 Å². The lowest BCUT2D eigenvalue weighted by molar-refractivity contribution is 0.0459. The summed E-state index contributed by atoms with van der Waals surface area (Å²) >= 11 is 0. The van der Waals surface area contributed by atoms with Crippen LogP contribution < -0.4 is 0 Å². The Bertz CT molecular complexity index is 648. The SMILES string of the molecule is Cc1cc(S(=O)(=O)Cl)cc(C(=O)OCCC(C)(C)C)c1F. The minimum atomic E-state index is -4.04. The molecule has 0 aliphatic rings. The molecule has 0 atom stereocenters. The Hall–Kier alpha value is -1.14. The molecule has 0 N–H and O–H groups in total. The number of ether oxygens (including phenoxy) is 1. The lowest BCUT2D eigenvalue weighted by Gasteiger charge is -2.17. The highest BCUT2D eigenvalue weighted by Gasteiger charge is 2.21. The van der Waals surface area contributed by atoms with Crippen LogP contribution in [-0.2, 0) is 13.8 Å². The highest BCUT2D eigenvalue weighted by Crippen LogP contribution is 2.23. The summed E-state index contributed by atoms with van der Waals surface area (Å²) in [5, 5.41) is 0. The van der Waals surface area contributed by atoms with Crippen molar-refractivity contribution in [3.05, 3.63) is 29.1 Å². The van der Waals surface area contributed by atoms with E-state index in [9.17, 15) is 17.6 Å². The molecular weight excluding hydrogens is 319 g/mol. The summed E-state index contributed by atoms with van der Waals surface area (Å²) in [4.78, 5) is 11.6. The summed E-state index contributed by atoms with van der Waals surface area (Å²) in [6.07, 6.45) is 0.604. The van der Waals surface area contributed by atoms with E-state index in [0.29, 0.717) is 6.42 Å². The Morgan fingerprint density at radius 1 is 1.33 bits per heavy atom. The first-order valence-electron chi connectivity index (χ1n) is 6.34. The van der Waals surface area contributed by atoms with Crippen LogP contribution in [0.1, 0.15) is 43.1 Å². The predicted molar refractivity (Wildman–Crippen MR) is 78.5 cm³/mol. The molecule has 1 rings (SSSR count). The topological polar surface area (TPSA) is 60.4 Å². The van der Waals surface area contributed by atoms with Crippen LogP contribution in [-0.4, -0.2) is 21.0 Å². The molecule has 21 heavy (non-hydrogen) atoms. The maximum absolute atomic E-state index is 13.9. The molecule has 0 unspecified atom stereocenters. The molecule has 0 saturated heterocycles. The van der Waals surface area contributed by atoms with Crippen molar-refractivity contribution in [2.45, 2.75) is 39.0 Å². The molecule has 0 aromatic heterocycles. The van der Waals surface area contributed by atoms with Gasteiger partial charge in [-0.2, -0.15) is 0 Å². The molecule has 0 heterocycles. The first kappa shape index (κ1) is 17.9. The van der Waals surface area contributed by atoms with Gasteiger partial charge in [0.2, 0.25) is 0 Å². The van der Waals surface area contributed by atoms with Crippen LogP contribution in [0.5, 0.6) is 0 Å². The average molecular weight is 337 g/mol. The Balaban J connectivity index is 3.02. The Kier molecular flexibility index (Phi) is 5.39. The van der Waals surface area contributed by atoms with Gasteiger partial charge < -0.3 is 4.74 Å². The lowest BCUT2D eigenvalue weighted by Crippen LogP contribution is -2.15. The zero-order chi connectivity index (χ0) is 16.4. The van der Waals surface area contributed by atoms with Crippen molar-refractivity contribution in [1.29, 1.82) is 0 Å². The summed E-state index contributed by atoms with van der Waals surface area (Å²) < 4.78 is 41.5. The summed E-state index contributed by atoms with van der Waals surface area (Å²) in [6.45, 7) is 7.41. The highest BCUT2D eigenvalue weighted by molar-refractivity contribution is 8.13. The number of hydrogen-bond acceptors (Lipinski definition) is 4. The van der Waals surface area contributed by atoms with Gasteiger partial charge >= 0.3 is 5.97 Å². The summed E-state index contributed by atoms with van der Waals surface area (Å²) in [6, 6.07) is 1.97. The van der Waals surface area contributed by atoms with Gasteiger partial charge in [-0.05, 0) is 36.5 Å². The van der Waals surface area contributed by atoms with E-state index in [1.807, 2.05) is 20.8 Å². The summed E-state index contributed by atoms with van der Waals surface area (Å²) in [7, 11) is 1.18. The quantitative estimate of drug-likeness (QED) is 0.622. The minimum absolute atomic E-state index is 0.0134. The molecule has 1 aromatic rings. The molecule has 0 spiro atoms. The van der Waals surface area contributed by atoms with Gasteiger partial charge in [-0.15, -0.1) is 0 Å². The van der Waals surface area contributed by atoms with Gasteiger partial charge in [0.05, 0.1) is 17.1 Å². The number of carbonyl (C=O) groups is 1. The number of aryl methyl sites for hydroxylation is 1. The summed E-state index contributed by atoms with van der Waals surface area (Å²) in [5.41, 5.74) is -0.446. The number of esters is 1. The number of benzene rings is 1. The average Bonchev–Trinajstić information content (AvgIpc) is 2.29. The number of carbonyl (C=O) groups excluding carboxylic acids is 1. The molecule has 1 aromatic carbocycles. The van der Waals surface area contributed by atoms with Crippen molar-refractivity contribution in [2.75, 3.05) is 6.61 Å². The van der Waals surface area contributed by atoms with Crippen LogP contribution in [0.2, 0.25) is 0 Å². The lowest BCUT2D eigenvalue weighted by atomic mass is 9.93. The van der Waals surface area contributed by atoms with Gasteiger partial charge in [-0.1, -0.05) is 20.8 Å².